The summed E-state index contributed by atoms with van der Waals surface area (Å²) >= 11 is 3.14. The first-order chi connectivity index (χ1) is 11.4. The van der Waals surface area contributed by atoms with Gasteiger partial charge in [-0.2, -0.15) is 4.31 Å². The fourth-order valence-corrected chi connectivity index (χ4v) is 4.99. The molecule has 7 heteroatoms. The Bertz CT molecular complexity index is 831. The van der Waals surface area contributed by atoms with E-state index in [9.17, 15) is 17.9 Å². The van der Waals surface area contributed by atoms with E-state index in [1.54, 1.807) is 12.1 Å². The third kappa shape index (κ3) is 3.48. The van der Waals surface area contributed by atoms with E-state index in [4.69, 9.17) is 0 Å². The first-order valence-corrected chi connectivity index (χ1v) is 9.85. The molecule has 2 aromatic rings. The van der Waals surface area contributed by atoms with E-state index in [0.29, 0.717) is 30.4 Å². The van der Waals surface area contributed by atoms with Gasteiger partial charge in [-0.05, 0) is 70.6 Å². The third-order valence-corrected chi connectivity index (χ3v) is 6.88. The number of aromatic hydroxyl groups is 1. The van der Waals surface area contributed by atoms with Crippen LogP contribution in [0.4, 0.5) is 4.39 Å². The molecule has 0 radical (unpaired) electrons. The number of phenols is 1. The second kappa shape index (κ2) is 6.82. The van der Waals surface area contributed by atoms with Crippen LogP contribution in [-0.4, -0.2) is 30.9 Å². The van der Waals surface area contributed by atoms with Gasteiger partial charge in [0, 0.05) is 13.1 Å². The molecule has 0 bridgehead atoms. The molecule has 1 fully saturated rings. The molecule has 1 saturated heterocycles. The van der Waals surface area contributed by atoms with Crippen LogP contribution in [0.3, 0.4) is 0 Å². The van der Waals surface area contributed by atoms with Crippen LogP contribution >= 0.6 is 15.9 Å². The Balaban J connectivity index is 1.73. The summed E-state index contributed by atoms with van der Waals surface area (Å²) in [4.78, 5) is 0.160. The lowest BCUT2D eigenvalue weighted by atomic mass is 9.90. The topological polar surface area (TPSA) is 57.6 Å². The van der Waals surface area contributed by atoms with E-state index in [1.165, 1.54) is 34.6 Å². The van der Waals surface area contributed by atoms with Crippen molar-refractivity contribution < 1.29 is 17.9 Å². The molecule has 0 spiro atoms. The Morgan fingerprint density at radius 1 is 1.08 bits per heavy atom. The fourth-order valence-electron chi connectivity index (χ4n) is 2.96. The van der Waals surface area contributed by atoms with Crippen molar-refractivity contribution in [2.75, 3.05) is 13.1 Å². The number of hydrogen-bond acceptors (Lipinski definition) is 3. The molecule has 1 N–H and O–H groups in total. The second-order valence-corrected chi connectivity index (χ2v) is 8.64. The molecule has 4 nitrogen and oxygen atoms in total. The van der Waals surface area contributed by atoms with Gasteiger partial charge in [0.05, 0.1) is 9.37 Å². The minimum Gasteiger partial charge on any atom is -0.507 e. The Kier molecular flexibility index (Phi) is 4.94. The molecule has 1 aliphatic rings. The number of benzene rings is 2. The lowest BCUT2D eigenvalue weighted by Gasteiger charge is -2.31. The zero-order valence-electron chi connectivity index (χ0n) is 12.8. The molecule has 128 valence electrons. The van der Waals surface area contributed by atoms with E-state index >= 15 is 0 Å². The highest BCUT2D eigenvalue weighted by molar-refractivity contribution is 9.10. The summed E-state index contributed by atoms with van der Waals surface area (Å²) in [6, 6.07) is 10.6. The van der Waals surface area contributed by atoms with Crippen LogP contribution in [0.25, 0.3) is 0 Å². The number of hydrogen-bond donors (Lipinski definition) is 1. The molecule has 0 amide bonds. The van der Waals surface area contributed by atoms with Gasteiger partial charge in [-0.25, -0.2) is 12.8 Å². The molecule has 1 heterocycles. The number of piperidine rings is 1. The molecular formula is C17H17BrFNO3S. The molecule has 1 aliphatic heterocycles. The van der Waals surface area contributed by atoms with Gasteiger partial charge in [0.1, 0.15) is 11.6 Å². The molecule has 0 saturated carbocycles. The lowest BCUT2D eigenvalue weighted by molar-refractivity contribution is 0.319. The normalized spacial score (nSPS) is 17.1. The summed E-state index contributed by atoms with van der Waals surface area (Å²) in [6.45, 7) is 0.839. The smallest absolute Gasteiger partial charge is 0.243 e. The van der Waals surface area contributed by atoms with Gasteiger partial charge in [0.15, 0.2) is 0 Å². The highest BCUT2D eigenvalue weighted by Crippen LogP contribution is 2.32. The maximum atomic E-state index is 13.0. The van der Waals surface area contributed by atoms with E-state index in [-0.39, 0.29) is 22.4 Å². The number of sulfonamides is 1. The van der Waals surface area contributed by atoms with E-state index in [0.717, 1.165) is 5.56 Å². The van der Waals surface area contributed by atoms with Crippen LogP contribution in [0.5, 0.6) is 5.75 Å². The van der Waals surface area contributed by atoms with Gasteiger partial charge in [-0.15, -0.1) is 0 Å². The Morgan fingerprint density at radius 3 is 2.29 bits per heavy atom. The summed E-state index contributed by atoms with van der Waals surface area (Å²) in [7, 11) is -3.58. The highest BCUT2D eigenvalue weighted by Gasteiger charge is 2.30. The molecule has 24 heavy (non-hydrogen) atoms. The quantitative estimate of drug-likeness (QED) is 0.830. The number of phenolic OH excluding ortho intramolecular Hbond substituents is 1. The predicted molar refractivity (Wildman–Crippen MR) is 92.9 cm³/mol. The predicted octanol–water partition coefficient (Wildman–Crippen LogP) is 3.86. The standard InChI is InChI=1S/C17H17BrFNO3S/c18-16-11-15(5-6-17(16)21)24(22,23)20-9-7-13(8-10-20)12-1-3-14(19)4-2-12/h1-6,11,13,21H,7-10H2. The van der Waals surface area contributed by atoms with Gasteiger partial charge >= 0.3 is 0 Å². The number of halogens is 2. The van der Waals surface area contributed by atoms with E-state index in [2.05, 4.69) is 15.9 Å². The molecular weight excluding hydrogens is 397 g/mol. The van der Waals surface area contributed by atoms with Crippen molar-refractivity contribution >= 4 is 26.0 Å². The van der Waals surface area contributed by atoms with Crippen molar-refractivity contribution in [3.8, 4) is 5.75 Å². The van der Waals surface area contributed by atoms with Crippen molar-refractivity contribution in [3.63, 3.8) is 0 Å². The van der Waals surface area contributed by atoms with Crippen molar-refractivity contribution in [1.29, 1.82) is 0 Å². The lowest BCUT2D eigenvalue weighted by Crippen LogP contribution is -2.37. The van der Waals surface area contributed by atoms with Crippen molar-refractivity contribution in [2.24, 2.45) is 0 Å². The summed E-state index contributed by atoms with van der Waals surface area (Å²) in [6.07, 6.45) is 1.40. The minimum atomic E-state index is -3.58. The highest BCUT2D eigenvalue weighted by atomic mass is 79.9. The average Bonchev–Trinajstić information content (AvgIpc) is 2.58. The minimum absolute atomic E-state index is 0.00367. The summed E-state index contributed by atoms with van der Waals surface area (Å²) in [5.74, 6) is -0.0238. The van der Waals surface area contributed by atoms with Gasteiger partial charge in [-0.3, -0.25) is 0 Å². The van der Waals surface area contributed by atoms with Crippen LogP contribution in [0.2, 0.25) is 0 Å². The molecule has 0 aliphatic carbocycles. The van der Waals surface area contributed by atoms with Crippen LogP contribution < -0.4 is 0 Å². The van der Waals surface area contributed by atoms with Crippen molar-refractivity contribution in [3.05, 3.63) is 58.3 Å². The zero-order valence-corrected chi connectivity index (χ0v) is 15.2. The maximum absolute atomic E-state index is 13.0. The largest absolute Gasteiger partial charge is 0.507 e. The van der Waals surface area contributed by atoms with Crippen molar-refractivity contribution in [2.45, 2.75) is 23.7 Å². The maximum Gasteiger partial charge on any atom is 0.243 e. The fraction of sp³-hybridized carbons (Fsp3) is 0.294. The molecule has 0 atom stereocenters. The van der Waals surface area contributed by atoms with Crippen LogP contribution in [0.15, 0.2) is 51.8 Å². The Morgan fingerprint density at radius 2 is 1.71 bits per heavy atom. The van der Waals surface area contributed by atoms with Crippen molar-refractivity contribution in [1.82, 2.24) is 4.31 Å². The molecule has 0 aromatic heterocycles. The van der Waals surface area contributed by atoms with Gasteiger partial charge in [0.2, 0.25) is 10.0 Å². The average molecular weight is 414 g/mol. The summed E-state index contributed by atoms with van der Waals surface area (Å²) in [5, 5.41) is 9.52. The monoisotopic (exact) mass is 413 g/mol. The first kappa shape index (κ1) is 17.4. The van der Waals surface area contributed by atoms with Crippen LogP contribution in [0.1, 0.15) is 24.3 Å². The van der Waals surface area contributed by atoms with Crippen LogP contribution in [-0.2, 0) is 10.0 Å². The van der Waals surface area contributed by atoms with Crippen LogP contribution in [0, 0.1) is 5.82 Å². The van der Waals surface area contributed by atoms with Gasteiger partial charge < -0.3 is 5.11 Å². The van der Waals surface area contributed by atoms with E-state index < -0.39 is 10.0 Å². The Labute approximate surface area is 149 Å². The molecule has 3 rings (SSSR count). The Hall–Kier alpha value is -1.44. The number of rotatable bonds is 3. The molecule has 2 aromatic carbocycles. The zero-order chi connectivity index (χ0) is 17.3. The second-order valence-electron chi connectivity index (χ2n) is 5.84. The molecule has 0 unspecified atom stereocenters. The third-order valence-electron chi connectivity index (χ3n) is 4.35. The van der Waals surface area contributed by atoms with Gasteiger partial charge in [-0.1, -0.05) is 12.1 Å². The number of nitrogens with zero attached hydrogens (tertiary/aromatic N) is 1. The van der Waals surface area contributed by atoms with E-state index in [1.807, 2.05) is 0 Å². The SMILES string of the molecule is O=S(=O)(c1ccc(O)c(Br)c1)N1CCC(c2ccc(F)cc2)CC1. The first-order valence-electron chi connectivity index (χ1n) is 7.62. The van der Waals surface area contributed by atoms with Gasteiger partial charge in [0.25, 0.3) is 0 Å². The summed E-state index contributed by atoms with van der Waals surface area (Å²) < 4.78 is 40.3. The summed E-state index contributed by atoms with van der Waals surface area (Å²) in [5.41, 5.74) is 1.04.